The monoisotopic (exact) mass is 375 g/mol. The summed E-state index contributed by atoms with van der Waals surface area (Å²) in [6, 6.07) is 1.63. The SMILES string of the molecule is CCNc1ncc(Br)cc1S(=O)(=O)N1CCC(C(C)C)C1. The zero-order valence-electron chi connectivity index (χ0n) is 12.6. The summed E-state index contributed by atoms with van der Waals surface area (Å²) in [6.07, 6.45) is 2.53. The van der Waals surface area contributed by atoms with Gasteiger partial charge in [0.25, 0.3) is 0 Å². The Morgan fingerprint density at radius 2 is 2.24 bits per heavy atom. The number of sulfonamides is 1. The van der Waals surface area contributed by atoms with Crippen LogP contribution in [-0.4, -0.2) is 37.3 Å². The van der Waals surface area contributed by atoms with Crippen LogP contribution in [0.15, 0.2) is 21.6 Å². The molecule has 7 heteroatoms. The van der Waals surface area contributed by atoms with Crippen molar-refractivity contribution in [1.29, 1.82) is 0 Å². The van der Waals surface area contributed by atoms with Crippen molar-refractivity contribution >= 4 is 31.8 Å². The average molecular weight is 376 g/mol. The second kappa shape index (κ2) is 6.62. The van der Waals surface area contributed by atoms with Crippen molar-refractivity contribution < 1.29 is 8.42 Å². The van der Waals surface area contributed by atoms with Crippen LogP contribution in [0.2, 0.25) is 0 Å². The lowest BCUT2D eigenvalue weighted by Crippen LogP contribution is -2.30. The van der Waals surface area contributed by atoms with Crippen LogP contribution in [-0.2, 0) is 10.0 Å². The number of pyridine rings is 1. The summed E-state index contributed by atoms with van der Waals surface area (Å²) < 4.78 is 28.0. The highest BCUT2D eigenvalue weighted by Crippen LogP contribution is 2.31. The second-order valence-electron chi connectivity index (χ2n) is 5.69. The molecule has 2 rings (SSSR count). The van der Waals surface area contributed by atoms with Crippen molar-refractivity contribution in [2.75, 3.05) is 25.0 Å². The van der Waals surface area contributed by atoms with Crippen molar-refractivity contribution in [3.05, 3.63) is 16.7 Å². The van der Waals surface area contributed by atoms with E-state index in [-0.39, 0.29) is 4.90 Å². The fourth-order valence-corrected chi connectivity index (χ4v) is 4.71. The Balaban J connectivity index is 2.34. The predicted octanol–water partition coefficient (Wildman–Crippen LogP) is 2.94. The van der Waals surface area contributed by atoms with Crippen molar-refractivity contribution in [3.8, 4) is 0 Å². The van der Waals surface area contributed by atoms with Crippen molar-refractivity contribution in [1.82, 2.24) is 9.29 Å². The molecule has 1 N–H and O–H groups in total. The normalized spacial score (nSPS) is 20.1. The molecule has 1 atom stereocenters. The highest BCUT2D eigenvalue weighted by molar-refractivity contribution is 9.10. The molecule has 0 amide bonds. The number of nitrogens with zero attached hydrogens (tertiary/aromatic N) is 2. The number of anilines is 1. The van der Waals surface area contributed by atoms with Crippen molar-refractivity contribution in [3.63, 3.8) is 0 Å². The van der Waals surface area contributed by atoms with Gasteiger partial charge >= 0.3 is 0 Å². The first-order valence-electron chi connectivity index (χ1n) is 7.25. The van der Waals surface area contributed by atoms with Gasteiger partial charge in [-0.05, 0) is 47.2 Å². The summed E-state index contributed by atoms with van der Waals surface area (Å²) >= 11 is 3.31. The van der Waals surface area contributed by atoms with Gasteiger partial charge in [0.1, 0.15) is 10.7 Å². The molecule has 0 aliphatic carbocycles. The van der Waals surface area contributed by atoms with Gasteiger partial charge in [-0.25, -0.2) is 13.4 Å². The first-order chi connectivity index (χ1) is 9.86. The lowest BCUT2D eigenvalue weighted by molar-refractivity contribution is 0.388. The molecule has 118 valence electrons. The molecular weight excluding hydrogens is 354 g/mol. The van der Waals surface area contributed by atoms with E-state index < -0.39 is 10.0 Å². The average Bonchev–Trinajstić information content (AvgIpc) is 2.91. The number of hydrogen-bond acceptors (Lipinski definition) is 4. The summed E-state index contributed by atoms with van der Waals surface area (Å²) in [6.45, 7) is 8.02. The van der Waals surface area contributed by atoms with Gasteiger partial charge in [-0.1, -0.05) is 13.8 Å². The second-order valence-corrected chi connectivity index (χ2v) is 8.51. The first kappa shape index (κ1) is 16.7. The summed E-state index contributed by atoms with van der Waals surface area (Å²) in [5.74, 6) is 1.36. The smallest absolute Gasteiger partial charge is 0.246 e. The maximum absolute atomic E-state index is 12.9. The quantitative estimate of drug-likeness (QED) is 0.858. The van der Waals surface area contributed by atoms with E-state index in [4.69, 9.17) is 0 Å². The van der Waals surface area contributed by atoms with Crippen LogP contribution in [0.25, 0.3) is 0 Å². The minimum absolute atomic E-state index is 0.253. The Bertz CT molecular complexity index is 604. The highest BCUT2D eigenvalue weighted by Gasteiger charge is 2.35. The zero-order valence-corrected chi connectivity index (χ0v) is 15.0. The molecule has 0 saturated carbocycles. The molecule has 2 heterocycles. The summed E-state index contributed by atoms with van der Waals surface area (Å²) in [4.78, 5) is 4.45. The largest absolute Gasteiger partial charge is 0.369 e. The van der Waals surface area contributed by atoms with E-state index in [1.807, 2.05) is 6.92 Å². The number of nitrogens with one attached hydrogen (secondary N) is 1. The van der Waals surface area contributed by atoms with Gasteiger partial charge in [-0.15, -0.1) is 0 Å². The molecule has 0 bridgehead atoms. The van der Waals surface area contributed by atoms with Gasteiger partial charge in [-0.3, -0.25) is 0 Å². The minimum Gasteiger partial charge on any atom is -0.369 e. The zero-order chi connectivity index (χ0) is 15.6. The number of rotatable bonds is 5. The van der Waals surface area contributed by atoms with Crippen LogP contribution in [0.4, 0.5) is 5.82 Å². The molecule has 1 fully saturated rings. The van der Waals surface area contributed by atoms with Gasteiger partial charge in [0.05, 0.1) is 0 Å². The molecule has 0 aromatic carbocycles. The van der Waals surface area contributed by atoms with E-state index in [2.05, 4.69) is 40.1 Å². The maximum Gasteiger partial charge on any atom is 0.246 e. The molecule has 5 nitrogen and oxygen atoms in total. The fourth-order valence-electron chi connectivity index (χ4n) is 2.57. The number of hydrogen-bond donors (Lipinski definition) is 1. The van der Waals surface area contributed by atoms with Crippen LogP contribution in [0, 0.1) is 11.8 Å². The lowest BCUT2D eigenvalue weighted by Gasteiger charge is -2.20. The van der Waals surface area contributed by atoms with Crippen LogP contribution in [0.5, 0.6) is 0 Å². The summed E-state index contributed by atoms with van der Waals surface area (Å²) in [5, 5.41) is 3.03. The minimum atomic E-state index is -3.50. The molecule has 1 aliphatic heterocycles. The summed E-state index contributed by atoms with van der Waals surface area (Å²) in [7, 11) is -3.50. The Morgan fingerprint density at radius 1 is 1.52 bits per heavy atom. The molecule has 0 radical (unpaired) electrons. The van der Waals surface area contributed by atoms with Gasteiger partial charge in [0.2, 0.25) is 10.0 Å². The van der Waals surface area contributed by atoms with Gasteiger partial charge in [0, 0.05) is 30.3 Å². The van der Waals surface area contributed by atoms with E-state index in [9.17, 15) is 8.42 Å². The van der Waals surface area contributed by atoms with Crippen LogP contribution in [0.3, 0.4) is 0 Å². The van der Waals surface area contributed by atoms with Crippen molar-refractivity contribution in [2.45, 2.75) is 32.1 Å². The molecule has 1 aliphatic rings. The Hall–Kier alpha value is -0.660. The molecule has 0 spiro atoms. The topological polar surface area (TPSA) is 62.3 Å². The van der Waals surface area contributed by atoms with Crippen LogP contribution >= 0.6 is 15.9 Å². The third kappa shape index (κ3) is 3.57. The highest BCUT2D eigenvalue weighted by atomic mass is 79.9. The Labute approximate surface area is 135 Å². The molecule has 21 heavy (non-hydrogen) atoms. The van der Waals surface area contributed by atoms with Crippen LogP contribution < -0.4 is 5.32 Å². The van der Waals surface area contributed by atoms with Crippen molar-refractivity contribution in [2.24, 2.45) is 11.8 Å². The van der Waals surface area contributed by atoms with E-state index in [0.29, 0.717) is 41.8 Å². The lowest BCUT2D eigenvalue weighted by atomic mass is 9.96. The molecule has 1 saturated heterocycles. The van der Waals surface area contributed by atoms with E-state index in [1.54, 1.807) is 16.6 Å². The number of halogens is 1. The van der Waals surface area contributed by atoms with Gasteiger partial charge < -0.3 is 5.32 Å². The Morgan fingerprint density at radius 3 is 2.81 bits per heavy atom. The Kier molecular flexibility index (Phi) is 5.27. The number of aromatic nitrogens is 1. The standard InChI is InChI=1S/C14H22BrN3O2S/c1-4-16-14-13(7-12(15)8-17-14)21(19,20)18-6-5-11(9-18)10(2)3/h7-8,10-11H,4-6,9H2,1-3H3,(H,16,17). The third-order valence-electron chi connectivity index (χ3n) is 3.91. The summed E-state index contributed by atoms with van der Waals surface area (Å²) in [5.41, 5.74) is 0. The first-order valence-corrected chi connectivity index (χ1v) is 9.49. The molecule has 1 aromatic rings. The molecular formula is C14H22BrN3O2S. The van der Waals surface area contributed by atoms with Gasteiger partial charge in [-0.2, -0.15) is 4.31 Å². The van der Waals surface area contributed by atoms with E-state index >= 15 is 0 Å². The fraction of sp³-hybridized carbons (Fsp3) is 0.643. The van der Waals surface area contributed by atoms with E-state index in [0.717, 1.165) is 6.42 Å². The predicted molar refractivity (Wildman–Crippen MR) is 87.8 cm³/mol. The van der Waals surface area contributed by atoms with Crippen LogP contribution in [0.1, 0.15) is 27.2 Å². The van der Waals surface area contributed by atoms with Gasteiger partial charge in [0.15, 0.2) is 0 Å². The molecule has 1 unspecified atom stereocenters. The van der Waals surface area contributed by atoms with E-state index in [1.165, 1.54) is 0 Å². The third-order valence-corrected chi connectivity index (χ3v) is 6.22. The maximum atomic E-state index is 12.9. The molecule has 1 aromatic heterocycles.